The van der Waals surface area contributed by atoms with Crippen LogP contribution in [0.5, 0.6) is 0 Å². The second-order valence-corrected chi connectivity index (χ2v) is 5.61. The van der Waals surface area contributed by atoms with E-state index in [4.69, 9.17) is 4.42 Å². The smallest absolute Gasteiger partial charge is 0.223 e. The Kier molecular flexibility index (Phi) is 3.99. The number of rotatable bonds is 4. The molecule has 0 aliphatic heterocycles. The molecule has 0 aromatic carbocycles. The molecule has 1 rings (SSSR count). The number of thioether (sulfide) groups is 1. The molecule has 0 aliphatic rings. The number of carbonyl (C=O) groups excluding carboxylic acids is 1. The van der Waals surface area contributed by atoms with Crippen LogP contribution in [0.1, 0.15) is 16.1 Å². The topological polar surface area (TPSA) is 30.2 Å². The SMILES string of the molecule is Cc1occc1C(=O)SCC[N+](C)(C)C. The average Bonchev–Trinajstić information content (AvgIpc) is 2.48. The molecule has 15 heavy (non-hydrogen) atoms. The van der Waals surface area contributed by atoms with Crippen molar-refractivity contribution in [2.45, 2.75) is 6.92 Å². The second-order valence-electron chi connectivity index (χ2n) is 4.54. The number of hydrogen-bond donors (Lipinski definition) is 0. The first-order valence-electron chi connectivity index (χ1n) is 4.92. The van der Waals surface area contributed by atoms with Crippen LogP contribution in [-0.2, 0) is 0 Å². The molecule has 0 saturated heterocycles. The molecule has 0 saturated carbocycles. The molecular weight excluding hydrogens is 210 g/mol. The Balaban J connectivity index is 2.41. The van der Waals surface area contributed by atoms with Crippen molar-refractivity contribution in [2.24, 2.45) is 0 Å². The number of nitrogens with zero attached hydrogens (tertiary/aromatic N) is 1. The summed E-state index contributed by atoms with van der Waals surface area (Å²) in [6, 6.07) is 1.73. The summed E-state index contributed by atoms with van der Waals surface area (Å²) in [6.45, 7) is 2.79. The van der Waals surface area contributed by atoms with Crippen LogP contribution < -0.4 is 0 Å². The van der Waals surface area contributed by atoms with E-state index in [9.17, 15) is 4.79 Å². The lowest BCUT2D eigenvalue weighted by molar-refractivity contribution is -0.867. The first kappa shape index (κ1) is 12.3. The van der Waals surface area contributed by atoms with E-state index < -0.39 is 0 Å². The monoisotopic (exact) mass is 228 g/mol. The van der Waals surface area contributed by atoms with Crippen LogP contribution in [0.15, 0.2) is 16.7 Å². The summed E-state index contributed by atoms with van der Waals surface area (Å²) >= 11 is 1.36. The minimum Gasteiger partial charge on any atom is -0.469 e. The van der Waals surface area contributed by atoms with E-state index in [0.29, 0.717) is 11.3 Å². The molecule has 3 nitrogen and oxygen atoms in total. The molecule has 4 heteroatoms. The van der Waals surface area contributed by atoms with Gasteiger partial charge < -0.3 is 8.90 Å². The van der Waals surface area contributed by atoms with Crippen LogP contribution in [0.2, 0.25) is 0 Å². The van der Waals surface area contributed by atoms with Gasteiger partial charge in [0.2, 0.25) is 5.12 Å². The molecule has 1 aromatic heterocycles. The van der Waals surface area contributed by atoms with Crippen LogP contribution in [0.25, 0.3) is 0 Å². The molecule has 0 N–H and O–H groups in total. The van der Waals surface area contributed by atoms with Gasteiger partial charge in [-0.3, -0.25) is 4.79 Å². The van der Waals surface area contributed by atoms with Crippen molar-refractivity contribution in [1.29, 1.82) is 0 Å². The Bertz CT molecular complexity index is 339. The van der Waals surface area contributed by atoms with Gasteiger partial charge in [-0.2, -0.15) is 0 Å². The minimum atomic E-state index is 0.106. The van der Waals surface area contributed by atoms with Crippen molar-refractivity contribution in [2.75, 3.05) is 33.4 Å². The van der Waals surface area contributed by atoms with Crippen LogP contribution in [0.4, 0.5) is 0 Å². The molecule has 0 atom stereocenters. The van der Waals surface area contributed by atoms with E-state index in [0.717, 1.165) is 16.8 Å². The molecule has 0 radical (unpaired) electrons. The van der Waals surface area contributed by atoms with Crippen molar-refractivity contribution in [3.63, 3.8) is 0 Å². The largest absolute Gasteiger partial charge is 0.469 e. The standard InChI is InChI=1S/C11H18NO2S/c1-9-10(5-7-14-9)11(13)15-8-6-12(2,3)4/h5,7H,6,8H2,1-4H3/q+1. The third kappa shape index (κ3) is 4.10. The van der Waals surface area contributed by atoms with Gasteiger partial charge in [-0.05, 0) is 13.0 Å². The minimum absolute atomic E-state index is 0.106. The molecular formula is C11H18NO2S+. The zero-order chi connectivity index (χ0) is 11.5. The Morgan fingerprint density at radius 1 is 1.47 bits per heavy atom. The third-order valence-electron chi connectivity index (χ3n) is 2.07. The van der Waals surface area contributed by atoms with E-state index in [1.54, 1.807) is 12.3 Å². The zero-order valence-corrected chi connectivity index (χ0v) is 10.6. The van der Waals surface area contributed by atoms with Gasteiger partial charge in [-0.25, -0.2) is 0 Å². The molecule has 0 fully saturated rings. The summed E-state index contributed by atoms with van der Waals surface area (Å²) < 4.78 is 5.97. The highest BCUT2D eigenvalue weighted by molar-refractivity contribution is 8.14. The number of furan rings is 1. The van der Waals surface area contributed by atoms with E-state index in [2.05, 4.69) is 21.1 Å². The lowest BCUT2D eigenvalue weighted by atomic mass is 10.3. The van der Waals surface area contributed by atoms with Crippen molar-refractivity contribution in [1.82, 2.24) is 0 Å². The number of carbonyl (C=O) groups is 1. The van der Waals surface area contributed by atoms with Gasteiger partial charge in [0.05, 0.1) is 45.3 Å². The second kappa shape index (κ2) is 4.86. The Morgan fingerprint density at radius 3 is 2.60 bits per heavy atom. The molecule has 1 aromatic rings. The number of quaternary nitrogens is 1. The van der Waals surface area contributed by atoms with Gasteiger partial charge in [0.25, 0.3) is 0 Å². The van der Waals surface area contributed by atoms with E-state index in [-0.39, 0.29) is 5.12 Å². The summed E-state index contributed by atoms with van der Waals surface area (Å²) in [5.41, 5.74) is 0.696. The number of hydrogen-bond acceptors (Lipinski definition) is 3. The maximum absolute atomic E-state index is 11.7. The average molecular weight is 228 g/mol. The lowest BCUT2D eigenvalue weighted by Gasteiger charge is -2.23. The summed E-state index contributed by atoms with van der Waals surface area (Å²) in [5.74, 6) is 1.55. The number of aryl methyl sites for hydroxylation is 1. The third-order valence-corrected chi connectivity index (χ3v) is 2.94. The zero-order valence-electron chi connectivity index (χ0n) is 9.74. The van der Waals surface area contributed by atoms with E-state index in [1.165, 1.54) is 11.8 Å². The highest BCUT2D eigenvalue weighted by atomic mass is 32.2. The fourth-order valence-electron chi connectivity index (χ4n) is 1.09. The summed E-state index contributed by atoms with van der Waals surface area (Å²) in [6.07, 6.45) is 1.56. The van der Waals surface area contributed by atoms with Gasteiger partial charge in [0.15, 0.2) is 0 Å². The predicted molar refractivity (Wildman–Crippen MR) is 63.1 cm³/mol. The molecule has 0 aliphatic carbocycles. The first-order valence-corrected chi connectivity index (χ1v) is 5.90. The summed E-state index contributed by atoms with van der Waals surface area (Å²) in [7, 11) is 6.36. The molecule has 0 amide bonds. The van der Waals surface area contributed by atoms with Gasteiger partial charge in [0.1, 0.15) is 5.76 Å². The van der Waals surface area contributed by atoms with Crippen LogP contribution in [0, 0.1) is 6.92 Å². The summed E-state index contributed by atoms with van der Waals surface area (Å²) in [4.78, 5) is 11.7. The maximum atomic E-state index is 11.7. The molecule has 0 spiro atoms. The van der Waals surface area contributed by atoms with E-state index in [1.807, 2.05) is 6.92 Å². The quantitative estimate of drug-likeness (QED) is 0.740. The predicted octanol–water partition coefficient (Wildman–Crippen LogP) is 2.17. The van der Waals surface area contributed by atoms with Gasteiger partial charge in [0, 0.05) is 0 Å². The maximum Gasteiger partial charge on any atom is 0.223 e. The van der Waals surface area contributed by atoms with Crippen molar-refractivity contribution in [3.8, 4) is 0 Å². The van der Waals surface area contributed by atoms with Crippen LogP contribution in [-0.4, -0.2) is 43.0 Å². The van der Waals surface area contributed by atoms with Crippen molar-refractivity contribution >= 4 is 16.9 Å². The molecule has 84 valence electrons. The molecule has 0 bridgehead atoms. The van der Waals surface area contributed by atoms with Gasteiger partial charge in [-0.1, -0.05) is 11.8 Å². The Labute approximate surface area is 95.0 Å². The molecule has 1 heterocycles. The first-order chi connectivity index (χ1) is 6.90. The molecule has 0 unspecified atom stereocenters. The van der Waals surface area contributed by atoms with Gasteiger partial charge in [-0.15, -0.1) is 0 Å². The summed E-state index contributed by atoms with van der Waals surface area (Å²) in [5, 5.41) is 0.106. The highest BCUT2D eigenvalue weighted by Gasteiger charge is 2.14. The van der Waals surface area contributed by atoms with Crippen LogP contribution >= 0.6 is 11.8 Å². The van der Waals surface area contributed by atoms with E-state index >= 15 is 0 Å². The Morgan fingerprint density at radius 2 is 2.13 bits per heavy atom. The fraction of sp³-hybridized carbons (Fsp3) is 0.545. The normalized spacial score (nSPS) is 11.7. The fourth-order valence-corrected chi connectivity index (χ4v) is 2.28. The Hall–Kier alpha value is -0.740. The lowest BCUT2D eigenvalue weighted by Crippen LogP contribution is -2.36. The van der Waals surface area contributed by atoms with Crippen molar-refractivity contribution in [3.05, 3.63) is 23.7 Å². The van der Waals surface area contributed by atoms with Gasteiger partial charge >= 0.3 is 0 Å². The highest BCUT2D eigenvalue weighted by Crippen LogP contribution is 2.17. The van der Waals surface area contributed by atoms with Crippen molar-refractivity contribution < 1.29 is 13.7 Å². The van der Waals surface area contributed by atoms with Crippen LogP contribution in [0.3, 0.4) is 0 Å².